The van der Waals surface area contributed by atoms with E-state index < -0.39 is 0 Å². The highest BCUT2D eigenvalue weighted by atomic mass is 14.2. The Balaban J connectivity index is 2.13. The van der Waals surface area contributed by atoms with Crippen molar-refractivity contribution in [3.8, 4) is 11.8 Å². The van der Waals surface area contributed by atoms with Crippen LogP contribution in [0.4, 0.5) is 0 Å². The van der Waals surface area contributed by atoms with Gasteiger partial charge in [-0.25, -0.2) is 0 Å². The molecule has 24 heavy (non-hydrogen) atoms. The lowest BCUT2D eigenvalue weighted by molar-refractivity contribution is 1.01. The average Bonchev–Trinajstić information content (AvgIpc) is 2.58. The van der Waals surface area contributed by atoms with Gasteiger partial charge in [0.25, 0.3) is 0 Å². The zero-order valence-electron chi connectivity index (χ0n) is 14.5. The predicted octanol–water partition coefficient (Wildman–Crippen LogP) is 5.80. The van der Waals surface area contributed by atoms with Gasteiger partial charge in [0.2, 0.25) is 0 Å². The average molecular weight is 310 g/mol. The van der Waals surface area contributed by atoms with Crippen molar-refractivity contribution in [3.05, 3.63) is 106 Å². The third kappa shape index (κ3) is 3.58. The predicted molar refractivity (Wildman–Crippen MR) is 102 cm³/mol. The molecule has 0 aliphatic rings. The molecular weight excluding hydrogens is 288 g/mol. The fraction of sp³-hybridized carbons (Fsp3) is 0.167. The maximum absolute atomic E-state index is 3.52. The Morgan fingerprint density at radius 1 is 0.708 bits per heavy atom. The molecule has 0 amide bonds. The van der Waals surface area contributed by atoms with E-state index >= 15 is 0 Å². The highest BCUT2D eigenvalue weighted by Crippen LogP contribution is 2.30. The van der Waals surface area contributed by atoms with Crippen LogP contribution in [0.25, 0.3) is 0 Å². The fourth-order valence-electron chi connectivity index (χ4n) is 3.29. The summed E-state index contributed by atoms with van der Waals surface area (Å²) in [5.74, 6) is 6.97. The molecular formula is C24H22. The molecule has 0 saturated heterocycles. The first-order chi connectivity index (χ1) is 11.6. The van der Waals surface area contributed by atoms with Crippen LogP contribution >= 0.6 is 0 Å². The van der Waals surface area contributed by atoms with E-state index in [1.165, 1.54) is 27.8 Å². The Morgan fingerprint density at radius 3 is 1.83 bits per heavy atom. The first-order valence-corrected chi connectivity index (χ1v) is 8.34. The van der Waals surface area contributed by atoms with Crippen molar-refractivity contribution >= 4 is 0 Å². The lowest BCUT2D eigenvalue weighted by atomic mass is 9.85. The number of hydrogen-bond donors (Lipinski definition) is 0. The number of hydrogen-bond acceptors (Lipinski definition) is 0. The summed E-state index contributed by atoms with van der Waals surface area (Å²) in [6, 6.07) is 25.3. The molecule has 0 fully saturated rings. The van der Waals surface area contributed by atoms with Gasteiger partial charge in [-0.15, -0.1) is 0 Å². The van der Waals surface area contributed by atoms with E-state index in [0.717, 1.165) is 5.56 Å². The van der Waals surface area contributed by atoms with Gasteiger partial charge in [-0.2, -0.15) is 0 Å². The van der Waals surface area contributed by atoms with E-state index in [2.05, 4.69) is 87.2 Å². The molecule has 0 aromatic heterocycles. The number of rotatable bonds is 2. The minimum Gasteiger partial charge on any atom is -0.0848 e. The van der Waals surface area contributed by atoms with E-state index in [4.69, 9.17) is 0 Å². The summed E-state index contributed by atoms with van der Waals surface area (Å²) in [6.07, 6.45) is 0. The van der Waals surface area contributed by atoms with Crippen LogP contribution in [-0.2, 0) is 0 Å². The first-order valence-electron chi connectivity index (χ1n) is 8.34. The molecule has 118 valence electrons. The van der Waals surface area contributed by atoms with Crippen LogP contribution in [0.15, 0.2) is 72.8 Å². The van der Waals surface area contributed by atoms with Crippen molar-refractivity contribution in [2.24, 2.45) is 0 Å². The molecule has 3 aromatic rings. The first kappa shape index (κ1) is 16.1. The maximum atomic E-state index is 3.52. The third-order valence-electron chi connectivity index (χ3n) is 4.29. The second kappa shape index (κ2) is 7.20. The molecule has 3 aromatic carbocycles. The van der Waals surface area contributed by atoms with E-state index in [9.17, 15) is 0 Å². The molecule has 0 spiro atoms. The molecule has 0 aliphatic carbocycles. The Kier molecular flexibility index (Phi) is 4.82. The zero-order valence-corrected chi connectivity index (χ0v) is 14.5. The van der Waals surface area contributed by atoms with E-state index in [-0.39, 0.29) is 5.92 Å². The van der Waals surface area contributed by atoms with Crippen LogP contribution in [0.1, 0.15) is 39.3 Å². The molecule has 0 heterocycles. The lowest BCUT2D eigenvalue weighted by Gasteiger charge is -2.18. The maximum Gasteiger partial charge on any atom is 0.0710 e. The van der Waals surface area contributed by atoms with Gasteiger partial charge in [0.1, 0.15) is 0 Å². The largest absolute Gasteiger partial charge is 0.0848 e. The standard InChI is InChI=1S/C24H22/c1-18-16-19(2)24(20(3)17-18)23(22-12-8-5-9-13-22)15-14-21-10-6-4-7-11-21/h4-13,16-17,23H,1-3H3. The summed E-state index contributed by atoms with van der Waals surface area (Å²) < 4.78 is 0. The minimum atomic E-state index is 0.0898. The van der Waals surface area contributed by atoms with E-state index in [1.54, 1.807) is 0 Å². The summed E-state index contributed by atoms with van der Waals surface area (Å²) in [7, 11) is 0. The summed E-state index contributed by atoms with van der Waals surface area (Å²) >= 11 is 0. The Bertz CT molecular complexity index is 855. The summed E-state index contributed by atoms with van der Waals surface area (Å²) in [5.41, 5.74) is 7.55. The summed E-state index contributed by atoms with van der Waals surface area (Å²) in [4.78, 5) is 0. The molecule has 0 heteroatoms. The monoisotopic (exact) mass is 310 g/mol. The van der Waals surface area contributed by atoms with Crippen LogP contribution in [-0.4, -0.2) is 0 Å². The van der Waals surface area contributed by atoms with Crippen molar-refractivity contribution in [2.45, 2.75) is 26.7 Å². The van der Waals surface area contributed by atoms with Gasteiger partial charge in [-0.05, 0) is 55.2 Å². The smallest absolute Gasteiger partial charge is 0.0710 e. The van der Waals surface area contributed by atoms with Crippen LogP contribution in [0.5, 0.6) is 0 Å². The van der Waals surface area contributed by atoms with Crippen molar-refractivity contribution in [2.75, 3.05) is 0 Å². The van der Waals surface area contributed by atoms with Crippen LogP contribution in [0.2, 0.25) is 0 Å². The number of benzene rings is 3. The molecule has 0 bridgehead atoms. The zero-order chi connectivity index (χ0) is 16.9. The van der Waals surface area contributed by atoms with E-state index in [1.807, 2.05) is 18.2 Å². The molecule has 0 N–H and O–H groups in total. The molecule has 0 saturated carbocycles. The van der Waals surface area contributed by atoms with Crippen molar-refractivity contribution < 1.29 is 0 Å². The van der Waals surface area contributed by atoms with Gasteiger partial charge in [0.15, 0.2) is 0 Å². The van der Waals surface area contributed by atoms with Crippen molar-refractivity contribution in [3.63, 3.8) is 0 Å². The normalized spacial score (nSPS) is 11.5. The fourth-order valence-corrected chi connectivity index (χ4v) is 3.29. The third-order valence-corrected chi connectivity index (χ3v) is 4.29. The summed E-state index contributed by atoms with van der Waals surface area (Å²) in [5, 5.41) is 0. The molecule has 0 radical (unpaired) electrons. The summed E-state index contributed by atoms with van der Waals surface area (Å²) in [6.45, 7) is 6.53. The highest BCUT2D eigenvalue weighted by Gasteiger charge is 2.16. The molecule has 1 unspecified atom stereocenters. The van der Waals surface area contributed by atoms with Crippen molar-refractivity contribution in [1.29, 1.82) is 0 Å². The highest BCUT2D eigenvalue weighted by molar-refractivity contribution is 5.50. The van der Waals surface area contributed by atoms with Crippen LogP contribution in [0, 0.1) is 32.6 Å². The molecule has 0 aliphatic heterocycles. The quantitative estimate of drug-likeness (QED) is 0.525. The SMILES string of the molecule is Cc1cc(C)c(C(C#Cc2ccccc2)c2ccccc2)c(C)c1. The van der Waals surface area contributed by atoms with E-state index in [0.29, 0.717) is 0 Å². The van der Waals surface area contributed by atoms with Gasteiger partial charge >= 0.3 is 0 Å². The second-order valence-electron chi connectivity index (χ2n) is 6.29. The molecule has 1 atom stereocenters. The van der Waals surface area contributed by atoms with Gasteiger partial charge < -0.3 is 0 Å². The Labute approximate surface area is 145 Å². The van der Waals surface area contributed by atoms with Gasteiger partial charge in [-0.3, -0.25) is 0 Å². The topological polar surface area (TPSA) is 0 Å². The van der Waals surface area contributed by atoms with Gasteiger partial charge in [0.05, 0.1) is 5.92 Å². The van der Waals surface area contributed by atoms with Gasteiger partial charge in [-0.1, -0.05) is 78.1 Å². The van der Waals surface area contributed by atoms with Crippen LogP contribution < -0.4 is 0 Å². The van der Waals surface area contributed by atoms with Gasteiger partial charge in [0, 0.05) is 5.56 Å². The van der Waals surface area contributed by atoms with Crippen LogP contribution in [0.3, 0.4) is 0 Å². The lowest BCUT2D eigenvalue weighted by Crippen LogP contribution is -2.04. The molecule has 0 nitrogen and oxygen atoms in total. The minimum absolute atomic E-state index is 0.0898. The number of aryl methyl sites for hydroxylation is 3. The molecule has 3 rings (SSSR count). The van der Waals surface area contributed by atoms with Crippen molar-refractivity contribution in [1.82, 2.24) is 0 Å². The Morgan fingerprint density at radius 2 is 1.25 bits per heavy atom. The Hall–Kier alpha value is -2.78. The second-order valence-corrected chi connectivity index (χ2v) is 6.29.